The fourth-order valence-electron chi connectivity index (χ4n) is 2.16. The maximum atomic E-state index is 12.3. The summed E-state index contributed by atoms with van der Waals surface area (Å²) in [5, 5.41) is 5.05. The molecule has 0 aliphatic heterocycles. The van der Waals surface area contributed by atoms with Gasteiger partial charge in [0, 0.05) is 28.5 Å². The van der Waals surface area contributed by atoms with Gasteiger partial charge in [-0.2, -0.15) is 5.10 Å². The van der Waals surface area contributed by atoms with Gasteiger partial charge in [-0.1, -0.05) is 23.7 Å². The van der Waals surface area contributed by atoms with Crippen LogP contribution in [0.15, 0.2) is 47.5 Å². The van der Waals surface area contributed by atoms with Crippen LogP contribution in [-0.2, 0) is 6.54 Å². The van der Waals surface area contributed by atoms with E-state index in [1.165, 1.54) is 4.68 Å². The lowest BCUT2D eigenvalue weighted by atomic mass is 10.2. The van der Waals surface area contributed by atoms with Gasteiger partial charge in [0.1, 0.15) is 0 Å². The summed E-state index contributed by atoms with van der Waals surface area (Å²) < 4.78 is 1.42. The summed E-state index contributed by atoms with van der Waals surface area (Å²) in [6.07, 6.45) is 3.17. The Labute approximate surface area is 137 Å². The second-order valence-electron chi connectivity index (χ2n) is 5.13. The molecule has 0 fully saturated rings. The number of halogens is 1. The number of nitrogen functional groups attached to an aromatic ring is 1. The summed E-state index contributed by atoms with van der Waals surface area (Å²) >= 11 is 5.88. The highest BCUT2D eigenvalue weighted by molar-refractivity contribution is 6.30. The van der Waals surface area contributed by atoms with Crippen LogP contribution >= 0.6 is 11.6 Å². The molecule has 2 heterocycles. The Morgan fingerprint density at radius 1 is 1.17 bits per heavy atom. The zero-order valence-electron chi connectivity index (χ0n) is 12.4. The monoisotopic (exact) mass is 327 g/mol. The Balaban J connectivity index is 2.01. The van der Waals surface area contributed by atoms with Gasteiger partial charge in [-0.15, -0.1) is 0 Å². The van der Waals surface area contributed by atoms with Crippen molar-refractivity contribution in [1.29, 1.82) is 0 Å². The SMILES string of the molecule is Cc1cc(-c2cnc(N)nc2)nn(Cc2ccc(Cl)cc2)c1=O. The molecule has 7 heteroatoms. The largest absolute Gasteiger partial charge is 0.368 e. The van der Waals surface area contributed by atoms with Gasteiger partial charge in [0.05, 0.1) is 12.2 Å². The molecule has 116 valence electrons. The molecule has 0 unspecified atom stereocenters. The number of hydrogen-bond donors (Lipinski definition) is 1. The summed E-state index contributed by atoms with van der Waals surface area (Å²) in [5.74, 6) is 0.194. The van der Waals surface area contributed by atoms with Crippen LogP contribution in [0.25, 0.3) is 11.3 Å². The van der Waals surface area contributed by atoms with Gasteiger partial charge in [0.2, 0.25) is 5.95 Å². The number of rotatable bonds is 3. The van der Waals surface area contributed by atoms with Crippen molar-refractivity contribution < 1.29 is 0 Å². The number of anilines is 1. The van der Waals surface area contributed by atoms with Crippen LogP contribution in [0.4, 0.5) is 5.95 Å². The van der Waals surface area contributed by atoms with E-state index in [1.54, 1.807) is 37.5 Å². The minimum Gasteiger partial charge on any atom is -0.368 e. The fraction of sp³-hybridized carbons (Fsp3) is 0.125. The van der Waals surface area contributed by atoms with Crippen LogP contribution in [-0.4, -0.2) is 19.7 Å². The predicted octanol–water partition coefficient (Wildman–Crippen LogP) is 2.29. The molecule has 0 radical (unpaired) electrons. The Morgan fingerprint density at radius 2 is 1.83 bits per heavy atom. The zero-order valence-corrected chi connectivity index (χ0v) is 13.2. The highest BCUT2D eigenvalue weighted by Gasteiger charge is 2.09. The van der Waals surface area contributed by atoms with Gasteiger partial charge in [-0.05, 0) is 30.7 Å². The number of benzene rings is 1. The van der Waals surface area contributed by atoms with Crippen molar-refractivity contribution in [2.24, 2.45) is 0 Å². The van der Waals surface area contributed by atoms with Gasteiger partial charge >= 0.3 is 0 Å². The molecule has 0 aliphatic carbocycles. The number of aromatic nitrogens is 4. The van der Waals surface area contributed by atoms with E-state index >= 15 is 0 Å². The van der Waals surface area contributed by atoms with Crippen molar-refractivity contribution in [2.75, 3.05) is 5.73 Å². The van der Waals surface area contributed by atoms with Crippen molar-refractivity contribution >= 4 is 17.5 Å². The summed E-state index contributed by atoms with van der Waals surface area (Å²) in [4.78, 5) is 20.2. The van der Waals surface area contributed by atoms with Crippen LogP contribution in [0.2, 0.25) is 5.02 Å². The number of nitrogens with two attached hydrogens (primary N) is 1. The van der Waals surface area contributed by atoms with Crippen LogP contribution in [0, 0.1) is 6.92 Å². The number of aryl methyl sites for hydroxylation is 1. The van der Waals surface area contributed by atoms with E-state index in [0.717, 1.165) is 5.56 Å². The molecule has 2 N–H and O–H groups in total. The molecule has 0 atom stereocenters. The predicted molar refractivity (Wildman–Crippen MR) is 89.2 cm³/mol. The number of nitrogens with zero attached hydrogens (tertiary/aromatic N) is 4. The second-order valence-corrected chi connectivity index (χ2v) is 5.57. The van der Waals surface area contributed by atoms with Gasteiger partial charge < -0.3 is 5.73 Å². The molecule has 0 bridgehead atoms. The molecule has 2 aromatic heterocycles. The molecule has 3 rings (SSSR count). The first-order valence-electron chi connectivity index (χ1n) is 6.94. The van der Waals surface area contributed by atoms with Gasteiger partial charge in [0.15, 0.2) is 0 Å². The lowest BCUT2D eigenvalue weighted by molar-refractivity contribution is 0.637. The summed E-state index contributed by atoms with van der Waals surface area (Å²) in [6.45, 7) is 2.12. The molecular formula is C16H14ClN5O. The normalized spacial score (nSPS) is 10.7. The summed E-state index contributed by atoms with van der Waals surface area (Å²) in [7, 11) is 0. The van der Waals surface area contributed by atoms with Gasteiger partial charge in [0.25, 0.3) is 5.56 Å². The van der Waals surface area contributed by atoms with E-state index in [2.05, 4.69) is 15.1 Å². The maximum absolute atomic E-state index is 12.3. The molecule has 0 saturated carbocycles. The quantitative estimate of drug-likeness (QED) is 0.797. The highest BCUT2D eigenvalue weighted by Crippen LogP contribution is 2.15. The van der Waals surface area contributed by atoms with E-state index in [0.29, 0.717) is 28.4 Å². The first-order chi connectivity index (χ1) is 11.0. The summed E-state index contributed by atoms with van der Waals surface area (Å²) in [6, 6.07) is 9.02. The van der Waals surface area contributed by atoms with E-state index < -0.39 is 0 Å². The lowest BCUT2D eigenvalue weighted by Crippen LogP contribution is -2.25. The lowest BCUT2D eigenvalue weighted by Gasteiger charge is -2.09. The van der Waals surface area contributed by atoms with Crippen LogP contribution < -0.4 is 11.3 Å². The van der Waals surface area contributed by atoms with Crippen molar-refractivity contribution in [3.63, 3.8) is 0 Å². The van der Waals surface area contributed by atoms with Gasteiger partial charge in [-0.25, -0.2) is 14.6 Å². The van der Waals surface area contributed by atoms with E-state index in [9.17, 15) is 4.79 Å². The Hall–Kier alpha value is -2.73. The molecule has 0 saturated heterocycles. The van der Waals surface area contributed by atoms with Crippen LogP contribution in [0.1, 0.15) is 11.1 Å². The smallest absolute Gasteiger partial charge is 0.270 e. The van der Waals surface area contributed by atoms with E-state index in [4.69, 9.17) is 17.3 Å². The van der Waals surface area contributed by atoms with Crippen molar-refractivity contribution in [1.82, 2.24) is 19.7 Å². The van der Waals surface area contributed by atoms with Crippen LogP contribution in [0.5, 0.6) is 0 Å². The fourth-order valence-corrected chi connectivity index (χ4v) is 2.28. The Bertz CT molecular complexity index is 888. The van der Waals surface area contributed by atoms with E-state index in [-0.39, 0.29) is 11.5 Å². The first kappa shape index (κ1) is 15.2. The third-order valence-electron chi connectivity index (χ3n) is 3.37. The van der Waals surface area contributed by atoms with E-state index in [1.807, 2.05) is 12.1 Å². The third kappa shape index (κ3) is 3.37. The minimum atomic E-state index is -0.139. The molecule has 3 aromatic rings. The molecule has 23 heavy (non-hydrogen) atoms. The maximum Gasteiger partial charge on any atom is 0.270 e. The average Bonchev–Trinajstić information content (AvgIpc) is 2.54. The molecule has 0 spiro atoms. The Kier molecular flexibility index (Phi) is 4.08. The summed E-state index contributed by atoms with van der Waals surface area (Å²) in [5.41, 5.74) is 8.21. The van der Waals surface area contributed by atoms with Crippen molar-refractivity contribution in [2.45, 2.75) is 13.5 Å². The zero-order chi connectivity index (χ0) is 16.4. The van der Waals surface area contributed by atoms with Gasteiger partial charge in [-0.3, -0.25) is 4.79 Å². The molecular weight excluding hydrogens is 314 g/mol. The molecule has 0 aliphatic rings. The minimum absolute atomic E-state index is 0.139. The van der Waals surface area contributed by atoms with Crippen molar-refractivity contribution in [3.05, 3.63) is 69.2 Å². The number of hydrogen-bond acceptors (Lipinski definition) is 5. The first-order valence-corrected chi connectivity index (χ1v) is 7.32. The molecule has 6 nitrogen and oxygen atoms in total. The standard InChI is InChI=1S/C16H14ClN5O/c1-10-6-14(12-7-19-16(18)20-8-12)21-22(15(10)23)9-11-2-4-13(17)5-3-11/h2-8H,9H2,1H3,(H2,18,19,20). The topological polar surface area (TPSA) is 86.7 Å². The average molecular weight is 328 g/mol. The third-order valence-corrected chi connectivity index (χ3v) is 3.62. The van der Waals surface area contributed by atoms with Crippen molar-refractivity contribution in [3.8, 4) is 11.3 Å². The molecule has 1 aromatic carbocycles. The second kappa shape index (κ2) is 6.18. The molecule has 0 amide bonds. The Morgan fingerprint density at radius 3 is 2.48 bits per heavy atom. The van der Waals surface area contributed by atoms with Crippen LogP contribution in [0.3, 0.4) is 0 Å². The highest BCUT2D eigenvalue weighted by atomic mass is 35.5.